The Morgan fingerprint density at radius 3 is 2.62 bits per heavy atom. The Balaban J connectivity index is 1.53. The summed E-state index contributed by atoms with van der Waals surface area (Å²) in [6.45, 7) is 7.07. The highest BCUT2D eigenvalue weighted by atomic mass is 32.1. The molecule has 5 rings (SSSR count). The molecule has 0 radical (unpaired) electrons. The molecule has 0 unspecified atom stereocenters. The van der Waals surface area contributed by atoms with Gasteiger partial charge in [-0.2, -0.15) is 0 Å². The van der Waals surface area contributed by atoms with Gasteiger partial charge in [0.05, 0.1) is 24.3 Å². The lowest BCUT2D eigenvalue weighted by atomic mass is 9.98. The van der Waals surface area contributed by atoms with E-state index in [-0.39, 0.29) is 11.4 Å². The maximum atomic E-state index is 14.7. The molecule has 0 N–H and O–H groups in total. The summed E-state index contributed by atoms with van der Waals surface area (Å²) < 4.78 is 16.5. The highest BCUT2D eigenvalue weighted by Crippen LogP contribution is 2.27. The normalized spacial score (nSPS) is 13.9. The van der Waals surface area contributed by atoms with Crippen molar-refractivity contribution in [3.63, 3.8) is 0 Å². The van der Waals surface area contributed by atoms with Gasteiger partial charge in [0, 0.05) is 48.5 Å². The topological polar surface area (TPSA) is 51.0 Å². The van der Waals surface area contributed by atoms with Crippen molar-refractivity contribution in [2.75, 3.05) is 6.54 Å². The Morgan fingerprint density at radius 2 is 1.88 bits per heavy atom. The van der Waals surface area contributed by atoms with Crippen LogP contribution in [0, 0.1) is 5.82 Å². The van der Waals surface area contributed by atoms with Gasteiger partial charge in [0.15, 0.2) is 0 Å². The number of hydrogen-bond donors (Lipinski definition) is 0. The largest absolute Gasteiger partial charge is 0.307 e. The minimum absolute atomic E-state index is 0.157. The van der Waals surface area contributed by atoms with Gasteiger partial charge < -0.3 is 4.57 Å². The molecule has 0 atom stereocenters. The molecule has 34 heavy (non-hydrogen) atoms. The molecule has 1 aliphatic heterocycles. The summed E-state index contributed by atoms with van der Waals surface area (Å²) in [6.07, 6.45) is 4.22. The standard InChI is InChI=1S/C27H27FN4OS/c1-18(2)24-17-34-26(30-24)16-31-12-9-25-20(15-31)13-22(21-5-3-4-6-23(21)28)27(33)32(25)14-19-7-10-29-11-8-19/h3-8,10-11,13,17-18H,9,12,14-16H2,1-2H3. The molecule has 4 heterocycles. The van der Waals surface area contributed by atoms with Crippen molar-refractivity contribution in [3.8, 4) is 11.1 Å². The van der Waals surface area contributed by atoms with E-state index in [9.17, 15) is 9.18 Å². The smallest absolute Gasteiger partial charge is 0.259 e. The predicted octanol–water partition coefficient (Wildman–Crippen LogP) is 5.24. The summed E-state index contributed by atoms with van der Waals surface area (Å²) in [5.74, 6) is 0.0321. The molecule has 1 aromatic carbocycles. The number of fused-ring (bicyclic) bond motifs is 1. The van der Waals surface area contributed by atoms with E-state index in [2.05, 4.69) is 29.1 Å². The summed E-state index contributed by atoms with van der Waals surface area (Å²) >= 11 is 1.70. The molecule has 0 bridgehead atoms. The van der Waals surface area contributed by atoms with Gasteiger partial charge in [-0.1, -0.05) is 32.0 Å². The van der Waals surface area contributed by atoms with E-state index in [1.54, 1.807) is 41.9 Å². The fraction of sp³-hybridized carbons (Fsp3) is 0.296. The molecule has 0 spiro atoms. The molecule has 4 aromatic rings. The average molecular weight is 475 g/mol. The third-order valence-electron chi connectivity index (χ3n) is 6.32. The Hall–Kier alpha value is -3.16. The van der Waals surface area contributed by atoms with Crippen molar-refractivity contribution < 1.29 is 4.39 Å². The summed E-state index contributed by atoms with van der Waals surface area (Å²) in [6, 6.07) is 12.2. The maximum absolute atomic E-state index is 14.7. The quantitative estimate of drug-likeness (QED) is 0.384. The van der Waals surface area contributed by atoms with Gasteiger partial charge in [0.2, 0.25) is 0 Å². The van der Waals surface area contributed by atoms with Gasteiger partial charge >= 0.3 is 0 Å². The van der Waals surface area contributed by atoms with E-state index >= 15 is 0 Å². The number of hydrogen-bond acceptors (Lipinski definition) is 5. The van der Waals surface area contributed by atoms with Crippen LogP contribution in [0.3, 0.4) is 0 Å². The number of halogens is 1. The van der Waals surface area contributed by atoms with Crippen LogP contribution in [0.25, 0.3) is 11.1 Å². The molecule has 5 nitrogen and oxygen atoms in total. The Kier molecular flexibility index (Phi) is 6.39. The molecule has 0 saturated carbocycles. The molecule has 174 valence electrons. The molecule has 0 saturated heterocycles. The van der Waals surface area contributed by atoms with Crippen LogP contribution in [0.2, 0.25) is 0 Å². The van der Waals surface area contributed by atoms with Crippen LogP contribution in [0.4, 0.5) is 4.39 Å². The SMILES string of the molecule is CC(C)c1csc(CN2CCc3c(cc(-c4ccccc4F)c(=O)n3Cc3ccncc3)C2)n1. The van der Waals surface area contributed by atoms with Crippen LogP contribution in [0.1, 0.15) is 47.3 Å². The number of benzene rings is 1. The lowest BCUT2D eigenvalue weighted by Crippen LogP contribution is -2.36. The molecule has 0 fully saturated rings. The summed E-state index contributed by atoms with van der Waals surface area (Å²) in [4.78, 5) is 24.8. The first-order chi connectivity index (χ1) is 16.5. The highest BCUT2D eigenvalue weighted by molar-refractivity contribution is 7.09. The zero-order chi connectivity index (χ0) is 23.7. The van der Waals surface area contributed by atoms with Crippen molar-refractivity contribution in [3.05, 3.63) is 104 Å². The first kappa shape index (κ1) is 22.6. The van der Waals surface area contributed by atoms with Crippen molar-refractivity contribution in [1.29, 1.82) is 0 Å². The van der Waals surface area contributed by atoms with Crippen molar-refractivity contribution in [2.24, 2.45) is 0 Å². The van der Waals surface area contributed by atoms with Gasteiger partial charge in [-0.15, -0.1) is 11.3 Å². The van der Waals surface area contributed by atoms with Gasteiger partial charge in [-0.05, 0) is 41.3 Å². The van der Waals surface area contributed by atoms with E-state index in [0.29, 0.717) is 30.1 Å². The fourth-order valence-corrected chi connectivity index (χ4v) is 5.47. The van der Waals surface area contributed by atoms with Crippen molar-refractivity contribution in [1.82, 2.24) is 19.4 Å². The first-order valence-electron chi connectivity index (χ1n) is 11.6. The molecule has 7 heteroatoms. The average Bonchev–Trinajstić information content (AvgIpc) is 3.31. The summed E-state index contributed by atoms with van der Waals surface area (Å²) in [5, 5.41) is 3.24. The van der Waals surface area contributed by atoms with Crippen LogP contribution >= 0.6 is 11.3 Å². The molecule has 1 aliphatic rings. The van der Waals surface area contributed by atoms with Gasteiger partial charge in [0.1, 0.15) is 10.8 Å². The summed E-state index contributed by atoms with van der Waals surface area (Å²) in [5.41, 5.74) is 4.82. The van der Waals surface area contributed by atoms with Crippen LogP contribution < -0.4 is 5.56 Å². The number of pyridine rings is 2. The minimum atomic E-state index is -0.383. The van der Waals surface area contributed by atoms with Gasteiger partial charge in [-0.3, -0.25) is 14.7 Å². The predicted molar refractivity (Wildman–Crippen MR) is 133 cm³/mol. The summed E-state index contributed by atoms with van der Waals surface area (Å²) in [7, 11) is 0. The zero-order valence-electron chi connectivity index (χ0n) is 19.4. The van der Waals surface area contributed by atoms with E-state index in [1.807, 2.05) is 22.8 Å². The molecular weight excluding hydrogens is 447 g/mol. The molecule has 0 aliphatic carbocycles. The second-order valence-corrected chi connectivity index (χ2v) is 9.98. The number of nitrogens with zero attached hydrogens (tertiary/aromatic N) is 4. The van der Waals surface area contributed by atoms with Crippen molar-refractivity contribution in [2.45, 2.75) is 45.8 Å². The lowest BCUT2D eigenvalue weighted by molar-refractivity contribution is 0.240. The number of thiazole rings is 1. The van der Waals surface area contributed by atoms with E-state index in [4.69, 9.17) is 4.98 Å². The minimum Gasteiger partial charge on any atom is -0.307 e. The molecule has 3 aromatic heterocycles. The maximum Gasteiger partial charge on any atom is 0.259 e. The number of aromatic nitrogens is 3. The fourth-order valence-electron chi connectivity index (χ4n) is 4.48. The van der Waals surface area contributed by atoms with Crippen molar-refractivity contribution >= 4 is 11.3 Å². The van der Waals surface area contributed by atoms with E-state index in [0.717, 1.165) is 47.0 Å². The lowest BCUT2D eigenvalue weighted by Gasteiger charge is -2.30. The van der Waals surface area contributed by atoms with Gasteiger partial charge in [0.25, 0.3) is 5.56 Å². The second kappa shape index (κ2) is 9.60. The van der Waals surface area contributed by atoms with E-state index < -0.39 is 0 Å². The Labute approximate surface area is 202 Å². The Morgan fingerprint density at radius 1 is 1.09 bits per heavy atom. The second-order valence-electron chi connectivity index (χ2n) is 9.04. The van der Waals surface area contributed by atoms with E-state index in [1.165, 1.54) is 6.07 Å². The third-order valence-corrected chi connectivity index (χ3v) is 7.18. The zero-order valence-corrected chi connectivity index (χ0v) is 20.2. The monoisotopic (exact) mass is 474 g/mol. The molecule has 0 amide bonds. The highest BCUT2D eigenvalue weighted by Gasteiger charge is 2.24. The third kappa shape index (κ3) is 4.58. The molecular formula is C27H27FN4OS. The van der Waals surface area contributed by atoms with Crippen LogP contribution in [0.5, 0.6) is 0 Å². The van der Waals surface area contributed by atoms with Crippen LogP contribution in [-0.4, -0.2) is 26.0 Å². The van der Waals surface area contributed by atoms with Crippen LogP contribution in [0.15, 0.2) is 65.0 Å². The van der Waals surface area contributed by atoms with Crippen LogP contribution in [-0.2, 0) is 26.1 Å². The number of rotatable bonds is 6. The first-order valence-corrected chi connectivity index (χ1v) is 12.4. The van der Waals surface area contributed by atoms with Gasteiger partial charge in [-0.25, -0.2) is 9.37 Å². The Bertz CT molecular complexity index is 1360.